The third-order valence-electron chi connectivity index (χ3n) is 7.41. The Bertz CT molecular complexity index is 1060. The van der Waals surface area contributed by atoms with Crippen LogP contribution >= 0.6 is 11.3 Å². The van der Waals surface area contributed by atoms with Crippen LogP contribution in [-0.2, 0) is 22.6 Å². The van der Waals surface area contributed by atoms with E-state index in [0.29, 0.717) is 47.6 Å². The van der Waals surface area contributed by atoms with Crippen LogP contribution in [0.1, 0.15) is 66.0 Å². The Labute approximate surface area is 210 Å². The first-order valence-electron chi connectivity index (χ1n) is 12.8. The van der Waals surface area contributed by atoms with Crippen LogP contribution in [0.2, 0.25) is 0 Å². The zero-order valence-corrected chi connectivity index (χ0v) is 20.9. The van der Waals surface area contributed by atoms with Gasteiger partial charge in [0.25, 0.3) is 0 Å². The molecule has 1 saturated heterocycles. The Morgan fingerprint density at radius 3 is 2.60 bits per heavy atom. The number of carbonyl (C=O) groups excluding carboxylic acids is 3. The molecule has 0 radical (unpaired) electrons. The number of thiazole rings is 1. The largest absolute Gasteiger partial charge is 0.340 e. The van der Waals surface area contributed by atoms with E-state index in [9.17, 15) is 14.4 Å². The van der Waals surface area contributed by atoms with Crippen LogP contribution in [0.15, 0.2) is 24.4 Å². The normalized spacial score (nSPS) is 21.5. The van der Waals surface area contributed by atoms with Crippen LogP contribution in [0.5, 0.6) is 0 Å². The number of Topliss-reactive ketones (excluding diaryl/α,β-unsaturated/α-hetero) is 1. The molecule has 2 amide bonds. The average Bonchev–Trinajstić information content (AvgIpc) is 3.28. The van der Waals surface area contributed by atoms with E-state index in [-0.39, 0.29) is 29.9 Å². The lowest BCUT2D eigenvalue weighted by Gasteiger charge is -2.36. The number of carbonyl (C=O) groups is 3. The molecular formula is C26H33N5O3S. The second kappa shape index (κ2) is 11.0. The van der Waals surface area contributed by atoms with Crippen molar-refractivity contribution in [3.05, 3.63) is 40.7 Å². The lowest BCUT2D eigenvalue weighted by atomic mass is 9.87. The summed E-state index contributed by atoms with van der Waals surface area (Å²) in [5, 5.41) is 3.40. The van der Waals surface area contributed by atoms with E-state index in [1.807, 2.05) is 23.1 Å². The van der Waals surface area contributed by atoms with Gasteiger partial charge in [-0.05, 0) is 30.9 Å². The summed E-state index contributed by atoms with van der Waals surface area (Å²) >= 11 is 1.25. The van der Waals surface area contributed by atoms with Crippen LogP contribution in [0.25, 0.3) is 0 Å². The van der Waals surface area contributed by atoms with Gasteiger partial charge in [-0.25, -0.2) is 4.98 Å². The number of aromatic nitrogens is 2. The SMILES string of the molecule is O=C(CC1CCCCC1)Nc1nc2c(s1)C(=O)C[C@@H](C(=O)N1CCN(Cc3ccccn3)CC1)C2. The highest BCUT2D eigenvalue weighted by Crippen LogP contribution is 2.34. The number of nitrogens with one attached hydrogen (secondary N) is 1. The Morgan fingerprint density at radius 2 is 1.86 bits per heavy atom. The minimum Gasteiger partial charge on any atom is -0.340 e. The molecule has 8 nitrogen and oxygen atoms in total. The van der Waals surface area contributed by atoms with Crippen LogP contribution in [0, 0.1) is 11.8 Å². The molecule has 9 heteroatoms. The smallest absolute Gasteiger partial charge is 0.226 e. The second-order valence-corrected chi connectivity index (χ2v) is 11.0. The lowest BCUT2D eigenvalue weighted by molar-refractivity contribution is -0.137. The lowest BCUT2D eigenvalue weighted by Crippen LogP contribution is -2.50. The minimum absolute atomic E-state index is 0.0216. The van der Waals surface area contributed by atoms with Crippen molar-refractivity contribution in [3.8, 4) is 0 Å². The molecule has 3 aliphatic rings. The molecule has 2 aliphatic carbocycles. The Balaban J connectivity index is 1.14. The standard InChI is InChI=1S/C26H33N5O3S/c32-22-16-19(25(34)31-12-10-30(11-13-31)17-20-8-4-5-9-27-20)15-21-24(22)35-26(28-21)29-23(33)14-18-6-2-1-3-7-18/h4-5,8-9,18-19H,1-3,6-7,10-17H2,(H,28,29,33)/t19-/m0/s1. The summed E-state index contributed by atoms with van der Waals surface area (Å²) in [6.07, 6.45) is 8.89. The molecule has 2 aromatic heterocycles. The van der Waals surface area contributed by atoms with Crippen molar-refractivity contribution in [3.63, 3.8) is 0 Å². The summed E-state index contributed by atoms with van der Waals surface area (Å²) in [4.78, 5) is 52.3. The zero-order chi connectivity index (χ0) is 24.2. The van der Waals surface area contributed by atoms with Gasteiger partial charge in [0.15, 0.2) is 10.9 Å². The summed E-state index contributed by atoms with van der Waals surface area (Å²) in [5.41, 5.74) is 1.69. The van der Waals surface area contributed by atoms with E-state index >= 15 is 0 Å². The molecule has 1 saturated carbocycles. The molecule has 2 aromatic rings. The van der Waals surface area contributed by atoms with Gasteiger partial charge in [-0.2, -0.15) is 0 Å². The molecule has 2 fully saturated rings. The molecule has 0 aromatic carbocycles. The average molecular weight is 496 g/mol. The molecule has 0 spiro atoms. The third-order valence-corrected chi connectivity index (χ3v) is 8.47. The monoisotopic (exact) mass is 495 g/mol. The maximum Gasteiger partial charge on any atom is 0.226 e. The summed E-state index contributed by atoms with van der Waals surface area (Å²) in [6, 6.07) is 5.92. The van der Waals surface area contributed by atoms with Crippen molar-refractivity contribution in [1.82, 2.24) is 19.8 Å². The molecule has 1 N–H and O–H groups in total. The first kappa shape index (κ1) is 24.1. The molecular weight excluding hydrogens is 462 g/mol. The van der Waals surface area contributed by atoms with Gasteiger partial charge in [0, 0.05) is 58.2 Å². The molecule has 3 heterocycles. The topological polar surface area (TPSA) is 95.5 Å². The van der Waals surface area contributed by atoms with Gasteiger partial charge in [-0.1, -0.05) is 36.7 Å². The predicted molar refractivity (Wildman–Crippen MR) is 134 cm³/mol. The van der Waals surface area contributed by atoms with Crippen molar-refractivity contribution in [2.45, 2.75) is 57.9 Å². The summed E-state index contributed by atoms with van der Waals surface area (Å²) in [7, 11) is 0. The zero-order valence-electron chi connectivity index (χ0n) is 20.1. The number of anilines is 1. The second-order valence-electron chi connectivity index (χ2n) is 10.0. The number of pyridine rings is 1. The summed E-state index contributed by atoms with van der Waals surface area (Å²) in [6.45, 7) is 3.68. The van der Waals surface area contributed by atoms with Crippen molar-refractivity contribution < 1.29 is 14.4 Å². The van der Waals surface area contributed by atoms with Gasteiger partial charge in [-0.15, -0.1) is 0 Å². The van der Waals surface area contributed by atoms with E-state index in [1.165, 1.54) is 30.6 Å². The van der Waals surface area contributed by atoms with Crippen LogP contribution < -0.4 is 5.32 Å². The predicted octanol–water partition coefficient (Wildman–Crippen LogP) is 3.54. The van der Waals surface area contributed by atoms with E-state index < -0.39 is 0 Å². The van der Waals surface area contributed by atoms with Crippen LogP contribution in [0.4, 0.5) is 5.13 Å². The number of amides is 2. The van der Waals surface area contributed by atoms with Gasteiger partial charge < -0.3 is 10.2 Å². The summed E-state index contributed by atoms with van der Waals surface area (Å²) < 4.78 is 0. The van der Waals surface area contributed by atoms with E-state index in [0.717, 1.165) is 38.2 Å². The van der Waals surface area contributed by atoms with Crippen LogP contribution in [-0.4, -0.2) is 63.5 Å². The molecule has 0 bridgehead atoms. The fourth-order valence-electron chi connectivity index (χ4n) is 5.49. The van der Waals surface area contributed by atoms with E-state index in [1.54, 1.807) is 6.20 Å². The molecule has 35 heavy (non-hydrogen) atoms. The molecule has 0 unspecified atom stereocenters. The third kappa shape index (κ3) is 5.95. The van der Waals surface area contributed by atoms with Crippen molar-refractivity contribution in [1.29, 1.82) is 0 Å². The Kier molecular flexibility index (Phi) is 7.53. The number of hydrogen-bond acceptors (Lipinski definition) is 7. The Hall–Kier alpha value is -2.65. The molecule has 1 atom stereocenters. The fourth-order valence-corrected chi connectivity index (χ4v) is 6.45. The highest BCUT2D eigenvalue weighted by molar-refractivity contribution is 7.17. The molecule has 1 aliphatic heterocycles. The van der Waals surface area contributed by atoms with E-state index in [4.69, 9.17) is 0 Å². The maximum atomic E-state index is 13.2. The first-order chi connectivity index (χ1) is 17.0. The van der Waals surface area contributed by atoms with Gasteiger partial charge in [0.05, 0.1) is 22.2 Å². The van der Waals surface area contributed by atoms with Gasteiger partial charge in [0.1, 0.15) is 0 Å². The molecule has 186 valence electrons. The number of hydrogen-bond donors (Lipinski definition) is 1. The van der Waals surface area contributed by atoms with Crippen LogP contribution in [0.3, 0.4) is 0 Å². The highest BCUT2D eigenvalue weighted by Gasteiger charge is 2.36. The van der Waals surface area contributed by atoms with Crippen molar-refractivity contribution in [2.24, 2.45) is 11.8 Å². The summed E-state index contributed by atoms with van der Waals surface area (Å²) in [5.74, 6) is 0.0595. The number of rotatable bonds is 6. The van der Waals surface area contributed by atoms with Gasteiger partial charge in [-0.3, -0.25) is 24.3 Å². The van der Waals surface area contributed by atoms with Crippen molar-refractivity contribution >= 4 is 34.1 Å². The Morgan fingerprint density at radius 1 is 1.06 bits per heavy atom. The first-order valence-corrected chi connectivity index (χ1v) is 13.6. The molecule has 5 rings (SSSR count). The van der Waals surface area contributed by atoms with Gasteiger partial charge >= 0.3 is 0 Å². The van der Waals surface area contributed by atoms with Crippen molar-refractivity contribution in [2.75, 3.05) is 31.5 Å². The minimum atomic E-state index is -0.370. The fraction of sp³-hybridized carbons (Fsp3) is 0.577. The quantitative estimate of drug-likeness (QED) is 0.659. The number of fused-ring (bicyclic) bond motifs is 1. The number of ketones is 1. The van der Waals surface area contributed by atoms with Gasteiger partial charge in [0.2, 0.25) is 11.8 Å². The van der Waals surface area contributed by atoms with E-state index in [2.05, 4.69) is 20.2 Å². The number of nitrogens with zero attached hydrogens (tertiary/aromatic N) is 4. The highest BCUT2D eigenvalue weighted by atomic mass is 32.1. The maximum absolute atomic E-state index is 13.2. The number of piperazine rings is 1.